The molecule has 0 radical (unpaired) electrons. The highest BCUT2D eigenvalue weighted by Crippen LogP contribution is 2.57. The summed E-state index contributed by atoms with van der Waals surface area (Å²) >= 11 is 0. The van der Waals surface area contributed by atoms with Gasteiger partial charge in [-0.2, -0.15) is 0 Å². The maximum Gasteiger partial charge on any atom is 0.334 e. The summed E-state index contributed by atoms with van der Waals surface area (Å²) in [4.78, 5) is 11.7. The average molecular weight is 264 g/mol. The van der Waals surface area contributed by atoms with Gasteiger partial charge in [0.15, 0.2) is 0 Å². The van der Waals surface area contributed by atoms with E-state index in [4.69, 9.17) is 4.74 Å². The summed E-state index contributed by atoms with van der Waals surface area (Å²) < 4.78 is 5.46. The molecule has 2 aliphatic carbocycles. The lowest BCUT2D eigenvalue weighted by atomic mass is 9.53. The minimum atomic E-state index is -0.723. The Labute approximate surface area is 112 Å². The molecule has 6 atom stereocenters. The summed E-state index contributed by atoms with van der Waals surface area (Å²) in [6.07, 6.45) is 0.268. The second kappa shape index (κ2) is 3.93. The molecule has 3 aliphatic rings. The van der Waals surface area contributed by atoms with Crippen LogP contribution in [0.2, 0.25) is 0 Å². The van der Waals surface area contributed by atoms with Crippen molar-refractivity contribution in [3.05, 3.63) is 24.3 Å². The molecule has 1 aliphatic heterocycles. The highest BCUT2D eigenvalue weighted by atomic mass is 16.6. The zero-order chi connectivity index (χ0) is 13.9. The predicted molar refractivity (Wildman–Crippen MR) is 69.1 cm³/mol. The largest absolute Gasteiger partial charge is 0.458 e. The van der Waals surface area contributed by atoms with Crippen LogP contribution >= 0.6 is 0 Å². The van der Waals surface area contributed by atoms with Crippen molar-refractivity contribution < 1.29 is 19.7 Å². The third-order valence-electron chi connectivity index (χ3n) is 5.42. The number of aliphatic hydroxyl groups is 2. The molecule has 0 amide bonds. The summed E-state index contributed by atoms with van der Waals surface area (Å²) in [7, 11) is 0. The molecule has 104 valence electrons. The highest BCUT2D eigenvalue weighted by molar-refractivity contribution is 5.91. The van der Waals surface area contributed by atoms with Gasteiger partial charge in [0.2, 0.25) is 0 Å². The molecule has 0 aromatic heterocycles. The number of esters is 1. The van der Waals surface area contributed by atoms with E-state index >= 15 is 0 Å². The van der Waals surface area contributed by atoms with E-state index in [-0.39, 0.29) is 29.3 Å². The quantitative estimate of drug-likeness (QED) is 0.392. The fraction of sp³-hybridized carbons (Fsp3) is 0.667. The third-order valence-corrected chi connectivity index (χ3v) is 5.42. The first kappa shape index (κ1) is 12.9. The maximum absolute atomic E-state index is 11.7. The Morgan fingerprint density at radius 1 is 1.37 bits per heavy atom. The van der Waals surface area contributed by atoms with E-state index in [0.29, 0.717) is 17.6 Å². The van der Waals surface area contributed by atoms with Crippen LogP contribution in [0.15, 0.2) is 24.3 Å². The minimum absolute atomic E-state index is 0.000162. The average Bonchev–Trinajstić information content (AvgIpc) is 2.63. The van der Waals surface area contributed by atoms with Gasteiger partial charge in [-0.15, -0.1) is 0 Å². The molecule has 1 saturated heterocycles. The third kappa shape index (κ3) is 1.56. The summed E-state index contributed by atoms with van der Waals surface area (Å²) in [5.41, 5.74) is 0.835. The van der Waals surface area contributed by atoms with E-state index in [0.717, 1.165) is 12.8 Å². The smallest absolute Gasteiger partial charge is 0.334 e. The van der Waals surface area contributed by atoms with Crippen molar-refractivity contribution in [3.8, 4) is 0 Å². The predicted octanol–water partition coefficient (Wildman–Crippen LogP) is 1.18. The second-order valence-corrected chi connectivity index (χ2v) is 6.37. The lowest BCUT2D eigenvalue weighted by molar-refractivity contribution is -0.155. The first-order valence-electron chi connectivity index (χ1n) is 6.81. The monoisotopic (exact) mass is 264 g/mol. The summed E-state index contributed by atoms with van der Waals surface area (Å²) in [6, 6.07) is 0. The van der Waals surface area contributed by atoms with Gasteiger partial charge in [-0.05, 0) is 18.4 Å². The lowest BCUT2D eigenvalue weighted by Gasteiger charge is -2.53. The van der Waals surface area contributed by atoms with Gasteiger partial charge >= 0.3 is 5.97 Å². The van der Waals surface area contributed by atoms with Crippen LogP contribution in [0.5, 0.6) is 0 Å². The van der Waals surface area contributed by atoms with Gasteiger partial charge in [0.05, 0.1) is 12.2 Å². The van der Waals surface area contributed by atoms with Gasteiger partial charge in [0, 0.05) is 29.2 Å². The molecule has 0 aromatic rings. The first-order valence-corrected chi connectivity index (χ1v) is 6.81. The number of hydrogen-bond donors (Lipinski definition) is 2. The number of rotatable bonds is 0. The van der Waals surface area contributed by atoms with Crippen LogP contribution in [0.1, 0.15) is 26.2 Å². The molecule has 3 fully saturated rings. The minimum Gasteiger partial charge on any atom is -0.458 e. The van der Waals surface area contributed by atoms with Crippen molar-refractivity contribution in [1.29, 1.82) is 0 Å². The molecule has 0 bridgehead atoms. The Morgan fingerprint density at radius 2 is 2.05 bits per heavy atom. The van der Waals surface area contributed by atoms with E-state index < -0.39 is 12.2 Å². The molecule has 19 heavy (non-hydrogen) atoms. The normalized spacial score (nSPS) is 49.6. The Kier molecular flexibility index (Phi) is 2.67. The molecule has 3 rings (SSSR count). The lowest BCUT2D eigenvalue weighted by Crippen LogP contribution is -2.56. The van der Waals surface area contributed by atoms with Crippen LogP contribution in [0.3, 0.4) is 0 Å². The molecule has 1 heterocycles. The molecule has 2 saturated carbocycles. The van der Waals surface area contributed by atoms with Crippen molar-refractivity contribution in [2.45, 2.75) is 44.5 Å². The molecule has 0 aromatic carbocycles. The van der Waals surface area contributed by atoms with Crippen molar-refractivity contribution in [2.24, 2.45) is 17.3 Å². The first-order chi connectivity index (χ1) is 8.86. The van der Waals surface area contributed by atoms with Gasteiger partial charge in [-0.3, -0.25) is 0 Å². The topological polar surface area (TPSA) is 66.8 Å². The van der Waals surface area contributed by atoms with E-state index in [1.54, 1.807) is 0 Å². The summed E-state index contributed by atoms with van der Waals surface area (Å²) in [5.74, 6) is -0.533. The van der Waals surface area contributed by atoms with Gasteiger partial charge in [-0.1, -0.05) is 20.1 Å². The van der Waals surface area contributed by atoms with Crippen LogP contribution in [-0.4, -0.2) is 34.5 Å². The number of hydrogen-bond acceptors (Lipinski definition) is 4. The van der Waals surface area contributed by atoms with Crippen LogP contribution in [0.4, 0.5) is 0 Å². The number of carbonyl (C=O) groups is 1. The van der Waals surface area contributed by atoms with Gasteiger partial charge < -0.3 is 14.9 Å². The summed E-state index contributed by atoms with van der Waals surface area (Å²) in [5, 5.41) is 20.4. The Hall–Kier alpha value is -1.13. The zero-order valence-electron chi connectivity index (χ0n) is 11.1. The van der Waals surface area contributed by atoms with Crippen LogP contribution < -0.4 is 0 Å². The van der Waals surface area contributed by atoms with Gasteiger partial charge in [0.1, 0.15) is 6.10 Å². The fourth-order valence-corrected chi connectivity index (χ4v) is 4.11. The van der Waals surface area contributed by atoms with Crippen LogP contribution in [-0.2, 0) is 9.53 Å². The zero-order valence-corrected chi connectivity index (χ0v) is 11.1. The van der Waals surface area contributed by atoms with Crippen molar-refractivity contribution in [2.75, 3.05) is 0 Å². The van der Waals surface area contributed by atoms with E-state index in [1.165, 1.54) is 0 Å². The van der Waals surface area contributed by atoms with E-state index in [1.807, 2.05) is 6.92 Å². The van der Waals surface area contributed by atoms with Crippen LogP contribution in [0.25, 0.3) is 0 Å². The molecular weight excluding hydrogens is 244 g/mol. The van der Waals surface area contributed by atoms with E-state index in [2.05, 4.69) is 13.2 Å². The van der Waals surface area contributed by atoms with Crippen molar-refractivity contribution in [1.82, 2.24) is 0 Å². The van der Waals surface area contributed by atoms with Gasteiger partial charge in [-0.25, -0.2) is 4.79 Å². The Morgan fingerprint density at radius 3 is 2.74 bits per heavy atom. The molecular formula is C15H20O4. The molecule has 4 nitrogen and oxygen atoms in total. The SMILES string of the molecule is C=C1[C@H](O)C[C@@H](O)[C@]2(C)CC[C@H]3C(=C)C(=O)O[C@@H]3[C@@H]12. The number of aliphatic hydroxyl groups excluding tert-OH is 2. The number of fused-ring (bicyclic) bond motifs is 3. The standard InChI is InChI=1S/C15H20O4/c1-7-9-4-5-15(3)11(17)6-10(16)8(2)12(15)13(9)19-14(7)18/h9-13,16-17H,1-2,4-6H2,3H3/t9-,10+,11+,12+,13-,15-/m0/s1. The van der Waals surface area contributed by atoms with Crippen LogP contribution in [0, 0.1) is 17.3 Å². The van der Waals surface area contributed by atoms with E-state index in [9.17, 15) is 15.0 Å². The molecule has 2 N–H and O–H groups in total. The Bertz CT molecular complexity index is 469. The van der Waals surface area contributed by atoms with Crippen molar-refractivity contribution in [3.63, 3.8) is 0 Å². The summed E-state index contributed by atoms with van der Waals surface area (Å²) in [6.45, 7) is 9.81. The fourth-order valence-electron chi connectivity index (χ4n) is 4.11. The molecule has 0 spiro atoms. The van der Waals surface area contributed by atoms with Crippen molar-refractivity contribution >= 4 is 5.97 Å². The number of ether oxygens (including phenoxy) is 1. The Balaban J connectivity index is 2.02. The molecule has 0 unspecified atom stereocenters. The maximum atomic E-state index is 11.7. The number of carbonyl (C=O) groups excluding carboxylic acids is 1. The van der Waals surface area contributed by atoms with Gasteiger partial charge in [0.25, 0.3) is 0 Å². The second-order valence-electron chi connectivity index (χ2n) is 6.37. The highest BCUT2D eigenvalue weighted by Gasteiger charge is 2.59. The molecule has 4 heteroatoms.